The molecule has 1 aliphatic carbocycles. The van der Waals surface area contributed by atoms with Crippen molar-refractivity contribution in [3.63, 3.8) is 0 Å². The van der Waals surface area contributed by atoms with Gasteiger partial charge in [0.1, 0.15) is 15.7 Å². The largest absolute Gasteiger partial charge is 0.573 e. The summed E-state index contributed by atoms with van der Waals surface area (Å²) in [6.07, 6.45) is -3.94. The average Bonchev–Trinajstić information content (AvgIpc) is 2.85. The summed E-state index contributed by atoms with van der Waals surface area (Å²) in [4.78, 5) is 2.17. The second kappa shape index (κ2) is 10.7. The first kappa shape index (κ1) is 27.3. The molecule has 3 aromatic carbocycles. The van der Waals surface area contributed by atoms with Gasteiger partial charge in [-0.15, -0.1) is 13.2 Å². The van der Waals surface area contributed by atoms with Gasteiger partial charge in [-0.2, -0.15) is 0 Å². The zero-order valence-electron chi connectivity index (χ0n) is 19.9. The molecule has 0 saturated heterocycles. The van der Waals surface area contributed by atoms with Gasteiger partial charge in [0.05, 0.1) is 17.0 Å². The molecule has 38 heavy (non-hydrogen) atoms. The Morgan fingerprint density at radius 3 is 2.42 bits per heavy atom. The molecule has 12 heteroatoms. The molecule has 4 N–H and O–H groups in total. The predicted octanol–water partition coefficient (Wildman–Crippen LogP) is 6.27. The minimum Gasteiger partial charge on any atom is -0.406 e. The molecule has 2 aliphatic rings. The quantitative estimate of drug-likeness (QED) is 0.274. The van der Waals surface area contributed by atoms with Gasteiger partial charge in [0.15, 0.2) is 0 Å². The van der Waals surface area contributed by atoms with Crippen molar-refractivity contribution < 1.29 is 27.2 Å². The third-order valence-corrected chi connectivity index (χ3v) is 9.66. The molecule has 1 saturated carbocycles. The number of nitrogens with one attached hydrogen (secondary N) is 3. The first-order chi connectivity index (χ1) is 18.0. The van der Waals surface area contributed by atoms with E-state index in [0.717, 1.165) is 45.2 Å². The summed E-state index contributed by atoms with van der Waals surface area (Å²) in [6, 6.07) is 16.9. The number of alkyl halides is 3. The third kappa shape index (κ3) is 5.98. The molecule has 1 heterocycles. The number of fused-ring (bicyclic) bond motifs is 2. The lowest BCUT2D eigenvalue weighted by Crippen LogP contribution is -2.56. The van der Waals surface area contributed by atoms with Crippen LogP contribution in [0.15, 0.2) is 81.4 Å². The van der Waals surface area contributed by atoms with Crippen molar-refractivity contribution in [1.82, 2.24) is 10.0 Å². The number of halogens is 4. The van der Waals surface area contributed by atoms with Crippen LogP contribution >= 0.6 is 23.4 Å². The van der Waals surface area contributed by atoms with Crippen molar-refractivity contribution >= 4 is 33.3 Å². The van der Waals surface area contributed by atoms with Gasteiger partial charge in [0, 0.05) is 26.9 Å². The molecular weight excluding hydrogens is 559 g/mol. The van der Waals surface area contributed by atoms with Crippen LogP contribution in [-0.2, 0) is 9.92 Å². The average molecular weight is 584 g/mol. The molecule has 3 aromatic rings. The number of aliphatic hydroxyl groups is 1. The molecule has 0 amide bonds. The standard InChI is InChI=1S/C26H25ClF3N3O3S2/c27-15-8-13-23-19(14-15)24(18-4-1-2-7-22(18)37-23)32-20-5-3-6-21(25(20)34)33-38(31,35)17-11-9-16(10-12-17)36-26(28,29)30/h1-2,4,7-14,20-21,24-25,32,34H,3,5-6H2,(H2,31,33,35). The zero-order valence-corrected chi connectivity index (χ0v) is 22.3. The van der Waals surface area contributed by atoms with Crippen molar-refractivity contribution in [1.29, 1.82) is 4.78 Å². The van der Waals surface area contributed by atoms with Gasteiger partial charge in [-0.05, 0) is 72.5 Å². The summed E-state index contributed by atoms with van der Waals surface area (Å²) in [5.74, 6) is -0.468. The highest BCUT2D eigenvalue weighted by Crippen LogP contribution is 2.46. The second-order valence-corrected chi connectivity index (χ2v) is 12.6. The molecule has 1 fully saturated rings. The highest BCUT2D eigenvalue weighted by atomic mass is 35.5. The lowest BCUT2D eigenvalue weighted by molar-refractivity contribution is -0.274. The van der Waals surface area contributed by atoms with E-state index in [1.54, 1.807) is 11.8 Å². The van der Waals surface area contributed by atoms with E-state index >= 15 is 0 Å². The van der Waals surface area contributed by atoms with Crippen molar-refractivity contribution in [3.8, 4) is 5.75 Å². The molecule has 0 spiro atoms. The molecule has 1 aliphatic heterocycles. The summed E-state index contributed by atoms with van der Waals surface area (Å²) >= 11 is 7.98. The van der Waals surface area contributed by atoms with Crippen LogP contribution in [0, 0.1) is 4.78 Å². The van der Waals surface area contributed by atoms with Gasteiger partial charge in [0.25, 0.3) is 0 Å². The summed E-state index contributed by atoms with van der Waals surface area (Å²) in [7, 11) is -3.61. The lowest BCUT2D eigenvalue weighted by Gasteiger charge is -2.39. The van der Waals surface area contributed by atoms with Crippen molar-refractivity contribution in [2.24, 2.45) is 0 Å². The van der Waals surface area contributed by atoms with Crippen LogP contribution in [0.25, 0.3) is 0 Å². The van der Waals surface area contributed by atoms with Gasteiger partial charge in [-0.3, -0.25) is 0 Å². The normalized spacial score (nSPS) is 24.7. The van der Waals surface area contributed by atoms with Crippen molar-refractivity contribution in [3.05, 3.63) is 82.9 Å². The Labute approximate surface area is 228 Å². The van der Waals surface area contributed by atoms with Crippen LogP contribution in [0.5, 0.6) is 5.75 Å². The Bertz CT molecular complexity index is 1420. The van der Waals surface area contributed by atoms with Crippen LogP contribution in [-0.4, -0.2) is 33.9 Å². The molecule has 6 nitrogen and oxygen atoms in total. The van der Waals surface area contributed by atoms with Crippen LogP contribution < -0.4 is 14.8 Å². The lowest BCUT2D eigenvalue weighted by atomic mass is 9.87. The van der Waals surface area contributed by atoms with E-state index in [1.807, 2.05) is 42.5 Å². The number of benzene rings is 3. The van der Waals surface area contributed by atoms with E-state index in [1.165, 1.54) is 0 Å². The van der Waals surface area contributed by atoms with Crippen molar-refractivity contribution in [2.45, 2.75) is 64.5 Å². The summed E-state index contributed by atoms with van der Waals surface area (Å²) < 4.78 is 65.5. The van der Waals surface area contributed by atoms with Gasteiger partial charge in [0.2, 0.25) is 0 Å². The molecule has 0 aromatic heterocycles. The highest BCUT2D eigenvalue weighted by Gasteiger charge is 2.37. The van der Waals surface area contributed by atoms with Gasteiger partial charge in [-0.25, -0.2) is 13.7 Å². The van der Waals surface area contributed by atoms with E-state index < -0.39 is 34.2 Å². The van der Waals surface area contributed by atoms with Gasteiger partial charge in [-0.1, -0.05) is 48.0 Å². The Hall–Kier alpha value is -2.28. The second-order valence-electron chi connectivity index (χ2n) is 9.25. The van der Waals surface area contributed by atoms with E-state index in [-0.39, 0.29) is 17.0 Å². The third-order valence-electron chi connectivity index (χ3n) is 6.67. The maximum Gasteiger partial charge on any atom is 0.573 e. The topological polar surface area (TPSA) is 94.4 Å². The van der Waals surface area contributed by atoms with Crippen LogP contribution in [0.3, 0.4) is 0 Å². The molecule has 5 unspecified atom stereocenters. The summed E-state index contributed by atoms with van der Waals surface area (Å²) in [6.45, 7) is 0. The number of aliphatic hydroxyl groups excluding tert-OH is 1. The maximum absolute atomic E-state index is 13.2. The Morgan fingerprint density at radius 2 is 1.68 bits per heavy atom. The number of hydrogen-bond acceptors (Lipinski definition) is 6. The fourth-order valence-corrected chi connectivity index (χ4v) is 7.57. The zero-order chi connectivity index (χ0) is 27.1. The van der Waals surface area contributed by atoms with E-state index in [0.29, 0.717) is 24.3 Å². The summed E-state index contributed by atoms with van der Waals surface area (Å²) in [5.41, 5.74) is 2.08. The molecular formula is C26H25ClF3N3O3S2. The molecule has 5 rings (SSSR count). The minimum absolute atomic E-state index is 0.00360. The SMILES string of the molecule is N=S(=O)(NC1CCCC(NC2c3ccccc3Sc3ccc(Cl)cc32)C1O)c1ccc(OC(F)(F)F)cc1. The Morgan fingerprint density at radius 1 is 1.00 bits per heavy atom. The first-order valence-corrected chi connectivity index (χ1v) is 14.7. The predicted molar refractivity (Wildman–Crippen MR) is 140 cm³/mol. The molecule has 0 radical (unpaired) electrons. The van der Waals surface area contributed by atoms with Crippen LogP contribution in [0.2, 0.25) is 5.02 Å². The fourth-order valence-electron chi connectivity index (χ4n) is 4.93. The molecule has 202 valence electrons. The smallest absolute Gasteiger partial charge is 0.406 e. The van der Waals surface area contributed by atoms with Crippen LogP contribution in [0.1, 0.15) is 36.4 Å². The van der Waals surface area contributed by atoms with E-state index in [9.17, 15) is 22.5 Å². The monoisotopic (exact) mass is 583 g/mol. The van der Waals surface area contributed by atoms with Crippen LogP contribution in [0.4, 0.5) is 13.2 Å². The van der Waals surface area contributed by atoms with E-state index in [2.05, 4.69) is 14.8 Å². The van der Waals surface area contributed by atoms with Gasteiger partial charge < -0.3 is 15.2 Å². The number of rotatable bonds is 6. The molecule has 0 bridgehead atoms. The minimum atomic E-state index is -4.85. The first-order valence-electron chi connectivity index (χ1n) is 11.9. The van der Waals surface area contributed by atoms with Gasteiger partial charge >= 0.3 is 6.36 Å². The number of hydrogen-bond donors (Lipinski definition) is 4. The maximum atomic E-state index is 13.2. The summed E-state index contributed by atoms with van der Waals surface area (Å²) in [5, 5.41) is 15.5. The molecule has 5 atom stereocenters. The highest BCUT2D eigenvalue weighted by molar-refractivity contribution is 7.99. The Balaban J connectivity index is 1.34. The fraction of sp³-hybridized carbons (Fsp3) is 0.308. The van der Waals surface area contributed by atoms with E-state index in [4.69, 9.17) is 16.4 Å². The number of ether oxygens (including phenoxy) is 1. The Kier molecular flexibility index (Phi) is 7.69. The van der Waals surface area contributed by atoms with Crippen molar-refractivity contribution in [2.75, 3.05) is 0 Å².